The summed E-state index contributed by atoms with van der Waals surface area (Å²) in [6, 6.07) is 55.4. The second-order valence-corrected chi connectivity index (χ2v) is 29.8. The van der Waals surface area contributed by atoms with Gasteiger partial charge in [-0.2, -0.15) is 12.1 Å². The van der Waals surface area contributed by atoms with Gasteiger partial charge in [0.25, 0.3) is 0 Å². The molecule has 0 spiro atoms. The summed E-state index contributed by atoms with van der Waals surface area (Å²) in [6.07, 6.45) is 4.06. The number of pyridine rings is 3. The number of aryl methyl sites for hydroxylation is 3. The molecule has 10 aromatic rings. The molecule has 67 heavy (non-hydrogen) atoms. The molecular formula is C59H54GeIrN5O-. The molecule has 6 aromatic carbocycles. The molecule has 0 saturated carbocycles. The summed E-state index contributed by atoms with van der Waals surface area (Å²) >= 11 is -1.91. The molecule has 0 amide bonds. The van der Waals surface area contributed by atoms with E-state index >= 15 is 0 Å². The molecule has 0 bridgehead atoms. The van der Waals surface area contributed by atoms with Gasteiger partial charge in [0, 0.05) is 48.6 Å². The van der Waals surface area contributed by atoms with Gasteiger partial charge in [-0.05, 0) is 72.9 Å². The van der Waals surface area contributed by atoms with Gasteiger partial charge in [-0.1, -0.05) is 64.7 Å². The monoisotopic (exact) mass is 1120 g/mol. The van der Waals surface area contributed by atoms with Gasteiger partial charge in [-0.3, -0.25) is 4.98 Å². The van der Waals surface area contributed by atoms with Crippen LogP contribution >= 0.6 is 0 Å². The Morgan fingerprint density at radius 1 is 0.716 bits per heavy atom. The van der Waals surface area contributed by atoms with Crippen molar-refractivity contribution in [2.75, 3.05) is 0 Å². The van der Waals surface area contributed by atoms with Crippen LogP contribution in [0, 0.1) is 38.8 Å². The Morgan fingerprint density at radius 2 is 1.46 bits per heavy atom. The van der Waals surface area contributed by atoms with Gasteiger partial charge in [0.15, 0.2) is 5.69 Å². The molecule has 1 unspecified atom stereocenters. The smallest absolute Gasteiger partial charge is 0.214 e. The van der Waals surface area contributed by atoms with Crippen LogP contribution in [0.25, 0.3) is 66.3 Å². The molecule has 5 heterocycles. The molecule has 0 saturated heterocycles. The molecule has 0 aliphatic carbocycles. The Labute approximate surface area is 410 Å². The summed E-state index contributed by atoms with van der Waals surface area (Å²) in [5, 5.41) is 10.8. The van der Waals surface area contributed by atoms with Crippen molar-refractivity contribution in [3.05, 3.63) is 191 Å². The Kier molecular flexibility index (Phi) is 13.0. The fraction of sp³-hybridized carbons (Fsp3) is 0.203. The maximum atomic E-state index is 6.58. The summed E-state index contributed by atoms with van der Waals surface area (Å²) in [5.74, 6) is 8.00. The number of azo groups is 2. The number of benzene rings is 6. The van der Waals surface area contributed by atoms with Crippen molar-refractivity contribution < 1.29 is 29.2 Å². The van der Waals surface area contributed by atoms with Crippen molar-refractivity contribution in [1.29, 1.82) is 0 Å². The minimum atomic E-state index is -1.91. The van der Waals surface area contributed by atoms with E-state index in [2.05, 4.69) is 201 Å². The third kappa shape index (κ3) is 9.17. The van der Waals surface area contributed by atoms with Crippen LogP contribution in [-0.2, 0) is 32.9 Å². The molecular weight excluding hydrogens is 1060 g/mol. The van der Waals surface area contributed by atoms with E-state index in [1.165, 1.54) is 43.0 Å². The second kappa shape index (κ2) is 18.9. The van der Waals surface area contributed by atoms with Crippen LogP contribution in [0.4, 0.5) is 11.4 Å². The van der Waals surface area contributed by atoms with Crippen molar-refractivity contribution in [2.24, 2.45) is 11.0 Å². The van der Waals surface area contributed by atoms with E-state index in [1.54, 1.807) is 0 Å². The number of furan rings is 1. The van der Waals surface area contributed by atoms with Crippen molar-refractivity contribution in [1.82, 2.24) is 15.0 Å². The number of hydrogen-bond acceptors (Lipinski definition) is 5. The van der Waals surface area contributed by atoms with E-state index in [0.717, 1.165) is 79.7 Å². The van der Waals surface area contributed by atoms with E-state index in [1.807, 2.05) is 13.0 Å². The molecule has 1 aliphatic heterocycles. The molecule has 335 valence electrons. The zero-order valence-corrected chi connectivity index (χ0v) is 43.9. The fourth-order valence-corrected chi connectivity index (χ4v) is 13.0. The number of rotatable bonds is 8. The Bertz CT molecular complexity index is 3480. The second-order valence-electron chi connectivity index (χ2n) is 19.2. The third-order valence-corrected chi connectivity index (χ3v) is 17.1. The number of aromatic nitrogens is 3. The first kappa shape index (κ1) is 46.0. The van der Waals surface area contributed by atoms with Crippen LogP contribution in [0.3, 0.4) is 0 Å². The predicted octanol–water partition coefficient (Wildman–Crippen LogP) is 15.1. The standard InChI is InChI=1S/C37H28N4O.C22H26GeN.Ir/c1-22-9-7-10-23(2)34(22)30-18-17-27-26-13-8-14-32(36(26)42-37(27)39-30)41-33(21-25-11-5-4-6-12-25)35-28-16-15-24(3)38-29(28)19-20-31(35)40-41;1-16(2)12-20-14-22(24-15-21(20)23(3,4)5)19-11-10-17-8-6-7-9-18(17)13-19;/h4-13,15-20,33H,21H2,1-3H3;6-10,13-16H,12H2,1-5H3;/q;-1;. The largest absolute Gasteiger partial charge is 0.495 e. The zero-order valence-electron chi connectivity index (χ0n) is 39.4. The number of hydrogen-bond donors (Lipinski definition) is 0. The molecule has 0 N–H and O–H groups in total. The maximum absolute atomic E-state index is 6.58. The van der Waals surface area contributed by atoms with Gasteiger partial charge in [0.2, 0.25) is 11.8 Å². The minimum absolute atomic E-state index is 0. The van der Waals surface area contributed by atoms with E-state index < -0.39 is 13.3 Å². The van der Waals surface area contributed by atoms with Crippen molar-refractivity contribution in [3.8, 4) is 22.5 Å². The van der Waals surface area contributed by atoms with Gasteiger partial charge in [0.05, 0.1) is 22.4 Å². The molecule has 11 rings (SSSR count). The predicted molar refractivity (Wildman–Crippen MR) is 274 cm³/mol. The van der Waals surface area contributed by atoms with Crippen LogP contribution in [-0.4, -0.2) is 32.9 Å². The molecule has 1 radical (unpaired) electrons. The van der Waals surface area contributed by atoms with Gasteiger partial charge in [-0.15, -0.1) is 6.07 Å². The van der Waals surface area contributed by atoms with Gasteiger partial charge in [-0.25, -0.2) is 4.98 Å². The van der Waals surface area contributed by atoms with E-state index in [0.29, 0.717) is 11.6 Å². The topological polar surface area (TPSA) is 67.2 Å². The van der Waals surface area contributed by atoms with Gasteiger partial charge < -0.3 is 4.42 Å². The van der Waals surface area contributed by atoms with Crippen LogP contribution in [0.5, 0.6) is 0 Å². The quantitative estimate of drug-likeness (QED) is 0.0864. The average molecular weight is 1110 g/mol. The molecule has 0 fully saturated rings. The average Bonchev–Trinajstić information content (AvgIpc) is 3.87. The summed E-state index contributed by atoms with van der Waals surface area (Å²) in [5.41, 5.74) is 15.6. The van der Waals surface area contributed by atoms with Crippen molar-refractivity contribution >= 4 is 72.8 Å². The van der Waals surface area contributed by atoms with Gasteiger partial charge >= 0.3 is 148 Å². The Morgan fingerprint density at radius 3 is 2.22 bits per heavy atom. The molecule has 1 aliphatic rings. The molecule has 6 nitrogen and oxygen atoms in total. The zero-order chi connectivity index (χ0) is 45.7. The molecule has 1 atom stereocenters. The van der Waals surface area contributed by atoms with E-state index in [4.69, 9.17) is 24.5 Å². The van der Waals surface area contributed by atoms with E-state index in [-0.39, 0.29) is 26.1 Å². The SMILES string of the molecule is CC(C)Cc1cc(-c2[c-]cc3ccccc3c2)nc[c]1[Ge]([CH3])([CH3])[CH3].Cc1ccc2c3c(ccc2n1)N=[N+](c1[c-]ccc2c1oc1nc(-c4c(C)cccc4C)ccc12)C3Cc1ccccc1.[Ir]. The maximum Gasteiger partial charge on any atom is 0.214 e. The van der Waals surface area contributed by atoms with Crippen LogP contribution in [0.2, 0.25) is 17.3 Å². The first-order valence-corrected chi connectivity index (χ1v) is 30.4. The summed E-state index contributed by atoms with van der Waals surface area (Å²) < 4.78 is 10.2. The van der Waals surface area contributed by atoms with Crippen molar-refractivity contribution in [2.45, 2.75) is 70.8 Å². The normalized spacial score (nSPS) is 13.4. The van der Waals surface area contributed by atoms with Crippen molar-refractivity contribution in [3.63, 3.8) is 0 Å². The third-order valence-electron chi connectivity index (χ3n) is 12.8. The first-order valence-electron chi connectivity index (χ1n) is 23.1. The minimum Gasteiger partial charge on any atom is -0.495 e. The summed E-state index contributed by atoms with van der Waals surface area (Å²) in [4.78, 5) is 14.6. The number of nitrogens with zero attached hydrogens (tertiary/aromatic N) is 5. The Balaban J connectivity index is 0.000000192. The summed E-state index contributed by atoms with van der Waals surface area (Å²) in [7, 11) is 0. The molecule has 4 aromatic heterocycles. The fourth-order valence-electron chi connectivity index (χ4n) is 9.63. The molecule has 8 heteroatoms. The van der Waals surface area contributed by atoms with Gasteiger partial charge in [0.1, 0.15) is 5.69 Å². The van der Waals surface area contributed by atoms with Crippen LogP contribution in [0.15, 0.2) is 155 Å². The number of fused-ring (bicyclic) bond motifs is 7. The van der Waals surface area contributed by atoms with Crippen LogP contribution in [0.1, 0.15) is 53.4 Å². The first-order chi connectivity index (χ1) is 31.9. The Hall–Kier alpha value is -6.12. The van der Waals surface area contributed by atoms with Crippen LogP contribution < -0.4 is 4.40 Å². The summed E-state index contributed by atoms with van der Waals surface area (Å²) in [6.45, 7) is 10.9. The van der Waals surface area contributed by atoms with E-state index in [9.17, 15) is 0 Å².